The highest BCUT2D eigenvalue weighted by molar-refractivity contribution is 5.18. The van der Waals surface area contributed by atoms with E-state index >= 15 is 0 Å². The van der Waals surface area contributed by atoms with E-state index in [1.165, 1.54) is 5.56 Å². The third-order valence-electron chi connectivity index (χ3n) is 2.79. The Balaban J connectivity index is 2.09. The first-order chi connectivity index (χ1) is 6.81. The van der Waals surface area contributed by atoms with Crippen LogP contribution < -0.4 is 0 Å². The van der Waals surface area contributed by atoms with E-state index in [0.717, 1.165) is 13.0 Å². The molecule has 2 rings (SSSR count). The first-order valence-electron chi connectivity index (χ1n) is 5.22. The van der Waals surface area contributed by atoms with E-state index in [2.05, 4.69) is 43.1 Å². The standard InChI is InChI=1S/C12H17NO/c1-3-12-13(2)9-11(14-12)10-7-5-4-6-8-10/h4-8,11-12H,3,9H2,1-2H3/t11-,12-/m0/s1. The van der Waals surface area contributed by atoms with Gasteiger partial charge in [-0.25, -0.2) is 0 Å². The van der Waals surface area contributed by atoms with E-state index in [0.29, 0.717) is 6.23 Å². The molecule has 0 saturated carbocycles. The number of hydrogen-bond donors (Lipinski definition) is 0. The van der Waals surface area contributed by atoms with E-state index in [1.54, 1.807) is 0 Å². The summed E-state index contributed by atoms with van der Waals surface area (Å²) in [5, 5.41) is 0. The Labute approximate surface area is 85.5 Å². The topological polar surface area (TPSA) is 12.5 Å². The van der Waals surface area contributed by atoms with Crippen molar-refractivity contribution in [2.24, 2.45) is 0 Å². The van der Waals surface area contributed by atoms with Gasteiger partial charge >= 0.3 is 0 Å². The van der Waals surface area contributed by atoms with Gasteiger partial charge in [-0.1, -0.05) is 37.3 Å². The highest BCUT2D eigenvalue weighted by atomic mass is 16.5. The van der Waals surface area contributed by atoms with Crippen LogP contribution in [0, 0.1) is 0 Å². The average Bonchev–Trinajstić information content (AvgIpc) is 2.61. The average molecular weight is 191 g/mol. The van der Waals surface area contributed by atoms with Gasteiger partial charge in [0.2, 0.25) is 0 Å². The molecule has 0 bridgehead atoms. The van der Waals surface area contributed by atoms with Gasteiger partial charge in [-0.3, -0.25) is 4.90 Å². The van der Waals surface area contributed by atoms with Crippen LogP contribution >= 0.6 is 0 Å². The molecule has 1 aliphatic rings. The fraction of sp³-hybridized carbons (Fsp3) is 0.500. The zero-order valence-corrected chi connectivity index (χ0v) is 8.81. The molecular formula is C12H17NO. The number of likely N-dealkylation sites (N-methyl/N-ethyl adjacent to an activating group) is 1. The molecule has 0 unspecified atom stereocenters. The van der Waals surface area contributed by atoms with Crippen LogP contribution in [0.15, 0.2) is 30.3 Å². The van der Waals surface area contributed by atoms with Crippen LogP contribution in [0.1, 0.15) is 25.0 Å². The van der Waals surface area contributed by atoms with Gasteiger partial charge in [-0.15, -0.1) is 0 Å². The smallest absolute Gasteiger partial charge is 0.111 e. The van der Waals surface area contributed by atoms with Crippen LogP contribution in [0.3, 0.4) is 0 Å². The van der Waals surface area contributed by atoms with Crippen molar-refractivity contribution in [3.8, 4) is 0 Å². The van der Waals surface area contributed by atoms with Crippen LogP contribution in [0.5, 0.6) is 0 Å². The number of hydrogen-bond acceptors (Lipinski definition) is 2. The monoisotopic (exact) mass is 191 g/mol. The molecule has 1 aliphatic heterocycles. The molecule has 0 radical (unpaired) electrons. The molecule has 2 atom stereocenters. The molecule has 1 aromatic carbocycles. The summed E-state index contributed by atoms with van der Waals surface area (Å²) in [6.45, 7) is 3.16. The Morgan fingerprint density at radius 1 is 1.36 bits per heavy atom. The van der Waals surface area contributed by atoms with Gasteiger partial charge in [-0.05, 0) is 19.0 Å². The predicted molar refractivity (Wildman–Crippen MR) is 57.0 cm³/mol. The minimum atomic E-state index is 0.256. The zero-order chi connectivity index (χ0) is 9.97. The van der Waals surface area contributed by atoms with E-state index in [1.807, 2.05) is 6.07 Å². The summed E-state index contributed by atoms with van der Waals surface area (Å²) in [6.07, 6.45) is 1.60. The lowest BCUT2D eigenvalue weighted by molar-refractivity contribution is 0.00513. The fourth-order valence-corrected chi connectivity index (χ4v) is 1.98. The van der Waals surface area contributed by atoms with Crippen molar-refractivity contribution in [1.29, 1.82) is 0 Å². The first-order valence-corrected chi connectivity index (χ1v) is 5.22. The molecule has 1 heterocycles. The van der Waals surface area contributed by atoms with Crippen molar-refractivity contribution in [2.75, 3.05) is 13.6 Å². The van der Waals surface area contributed by atoms with Crippen molar-refractivity contribution in [3.63, 3.8) is 0 Å². The molecule has 76 valence electrons. The van der Waals surface area contributed by atoms with Gasteiger partial charge < -0.3 is 4.74 Å². The van der Waals surface area contributed by atoms with E-state index in [9.17, 15) is 0 Å². The lowest BCUT2D eigenvalue weighted by atomic mass is 10.1. The summed E-state index contributed by atoms with van der Waals surface area (Å²) in [6, 6.07) is 10.4. The zero-order valence-electron chi connectivity index (χ0n) is 8.81. The summed E-state index contributed by atoms with van der Waals surface area (Å²) in [5.74, 6) is 0. The van der Waals surface area contributed by atoms with Crippen molar-refractivity contribution < 1.29 is 4.74 Å². The lowest BCUT2D eigenvalue weighted by Crippen LogP contribution is -2.24. The fourth-order valence-electron chi connectivity index (χ4n) is 1.98. The quantitative estimate of drug-likeness (QED) is 0.712. The number of rotatable bonds is 2. The third-order valence-corrected chi connectivity index (χ3v) is 2.79. The van der Waals surface area contributed by atoms with Gasteiger partial charge in [-0.2, -0.15) is 0 Å². The first kappa shape index (κ1) is 9.69. The van der Waals surface area contributed by atoms with E-state index in [4.69, 9.17) is 4.74 Å². The van der Waals surface area contributed by atoms with Crippen LogP contribution in [-0.2, 0) is 4.74 Å². The van der Waals surface area contributed by atoms with Crippen molar-refractivity contribution in [2.45, 2.75) is 25.7 Å². The number of nitrogens with zero attached hydrogens (tertiary/aromatic N) is 1. The highest BCUT2D eigenvalue weighted by Gasteiger charge is 2.29. The maximum Gasteiger partial charge on any atom is 0.111 e. The number of ether oxygens (including phenoxy) is 1. The van der Waals surface area contributed by atoms with E-state index < -0.39 is 0 Å². The Kier molecular flexibility index (Phi) is 2.85. The SMILES string of the molecule is CC[C@@H]1O[C@H](c2ccccc2)CN1C. The van der Waals surface area contributed by atoms with Crippen LogP contribution in [0.2, 0.25) is 0 Å². The van der Waals surface area contributed by atoms with Crippen LogP contribution in [-0.4, -0.2) is 24.7 Å². The molecule has 2 nitrogen and oxygen atoms in total. The third kappa shape index (κ3) is 1.81. The largest absolute Gasteiger partial charge is 0.354 e. The molecule has 1 saturated heterocycles. The molecule has 0 aromatic heterocycles. The Hall–Kier alpha value is -0.860. The molecule has 14 heavy (non-hydrogen) atoms. The Morgan fingerprint density at radius 2 is 2.07 bits per heavy atom. The molecule has 0 N–H and O–H groups in total. The molecule has 2 heteroatoms. The van der Waals surface area contributed by atoms with Gasteiger partial charge in [0.1, 0.15) is 6.23 Å². The molecular weight excluding hydrogens is 174 g/mol. The molecule has 1 fully saturated rings. The highest BCUT2D eigenvalue weighted by Crippen LogP contribution is 2.28. The summed E-state index contributed by atoms with van der Waals surface area (Å²) >= 11 is 0. The summed E-state index contributed by atoms with van der Waals surface area (Å²) < 4.78 is 5.93. The summed E-state index contributed by atoms with van der Waals surface area (Å²) in [4.78, 5) is 2.28. The van der Waals surface area contributed by atoms with Gasteiger partial charge in [0.25, 0.3) is 0 Å². The van der Waals surface area contributed by atoms with Gasteiger partial charge in [0.05, 0.1) is 6.10 Å². The molecule has 0 amide bonds. The second-order valence-corrected chi connectivity index (χ2v) is 3.84. The second kappa shape index (κ2) is 4.11. The van der Waals surface area contributed by atoms with Gasteiger partial charge in [0.15, 0.2) is 0 Å². The summed E-state index contributed by atoms with van der Waals surface area (Å²) in [5.41, 5.74) is 1.29. The maximum atomic E-state index is 5.93. The molecule has 1 aromatic rings. The lowest BCUT2D eigenvalue weighted by Gasteiger charge is -2.14. The van der Waals surface area contributed by atoms with Gasteiger partial charge in [0, 0.05) is 6.54 Å². The van der Waals surface area contributed by atoms with Crippen molar-refractivity contribution >= 4 is 0 Å². The predicted octanol–water partition coefficient (Wildman–Crippen LogP) is 2.43. The normalized spacial score (nSPS) is 28.1. The Morgan fingerprint density at radius 3 is 2.64 bits per heavy atom. The van der Waals surface area contributed by atoms with E-state index in [-0.39, 0.29) is 6.10 Å². The van der Waals surface area contributed by atoms with Crippen LogP contribution in [0.25, 0.3) is 0 Å². The maximum absolute atomic E-state index is 5.93. The molecule has 0 spiro atoms. The summed E-state index contributed by atoms with van der Waals surface area (Å²) in [7, 11) is 2.12. The van der Waals surface area contributed by atoms with Crippen LogP contribution in [0.4, 0.5) is 0 Å². The van der Waals surface area contributed by atoms with Crippen molar-refractivity contribution in [3.05, 3.63) is 35.9 Å². The number of benzene rings is 1. The van der Waals surface area contributed by atoms with Crippen molar-refractivity contribution in [1.82, 2.24) is 4.90 Å². The minimum Gasteiger partial charge on any atom is -0.354 e. The molecule has 0 aliphatic carbocycles. The minimum absolute atomic E-state index is 0.256. The Bertz CT molecular complexity index is 286. The second-order valence-electron chi connectivity index (χ2n) is 3.84.